The molecule has 0 radical (unpaired) electrons. The summed E-state index contributed by atoms with van der Waals surface area (Å²) in [4.78, 5) is 0. The van der Waals surface area contributed by atoms with Crippen molar-refractivity contribution in [2.45, 2.75) is 108 Å². The van der Waals surface area contributed by atoms with Gasteiger partial charge in [-0.1, -0.05) is 25.7 Å². The first-order valence-corrected chi connectivity index (χ1v) is 13.8. The Labute approximate surface area is 209 Å². The Morgan fingerprint density at radius 1 is 1.06 bits per heavy atom. The maximum atomic E-state index is 12.5. The highest BCUT2D eigenvalue weighted by Gasteiger charge is 2.45. The molecule has 8 heteroatoms. The minimum atomic E-state index is -4.30. The zero-order valence-corrected chi connectivity index (χ0v) is 21.3. The summed E-state index contributed by atoms with van der Waals surface area (Å²) in [5.41, 5.74) is 0. The van der Waals surface area contributed by atoms with E-state index >= 15 is 0 Å². The number of nitriles is 1. The molecule has 5 nitrogen and oxygen atoms in total. The second-order valence-electron chi connectivity index (χ2n) is 11.2. The molecule has 0 bridgehead atoms. The first-order chi connectivity index (χ1) is 16.8. The summed E-state index contributed by atoms with van der Waals surface area (Å²) in [7, 11) is 0. The Balaban J connectivity index is 1.36. The number of hydrogen-bond acceptors (Lipinski definition) is 5. The molecular formula is C27H45F3N2O3. The van der Waals surface area contributed by atoms with Gasteiger partial charge in [0.15, 0.2) is 0 Å². The minimum absolute atomic E-state index is 0.149. The number of fused-ring (bicyclic) bond motifs is 1. The number of hydrogen-bond donors (Lipinski definition) is 2. The van der Waals surface area contributed by atoms with Gasteiger partial charge in [-0.05, 0) is 82.0 Å². The molecule has 0 heterocycles. The SMILES string of the molecule is CC(CC1CC(C#N)C2C(CCCCO)CCC2C1)NCCOC1CCCCC1OCC(F)(F)F. The standard InChI is InChI=1S/C27H45F3N2O3/c1-19(32-11-13-34-24-7-2-3-8-25(24)35-18-27(28,29)30)14-20-15-22-10-9-21(6-4-5-12-33)26(22)23(16-20)17-31/h19-26,32-33H,2-16,18H2,1H3. The van der Waals surface area contributed by atoms with Gasteiger partial charge in [-0.3, -0.25) is 0 Å². The molecule has 0 amide bonds. The number of nitrogens with zero attached hydrogens (tertiary/aromatic N) is 1. The first-order valence-electron chi connectivity index (χ1n) is 13.8. The van der Waals surface area contributed by atoms with E-state index in [9.17, 15) is 18.4 Å². The maximum Gasteiger partial charge on any atom is 0.411 e. The van der Waals surface area contributed by atoms with Crippen LogP contribution in [0.5, 0.6) is 0 Å². The van der Waals surface area contributed by atoms with Gasteiger partial charge in [-0.2, -0.15) is 18.4 Å². The molecule has 8 unspecified atom stereocenters. The van der Waals surface area contributed by atoms with Crippen molar-refractivity contribution in [1.29, 1.82) is 5.26 Å². The topological polar surface area (TPSA) is 74.5 Å². The van der Waals surface area contributed by atoms with E-state index in [0.717, 1.165) is 51.4 Å². The quantitative estimate of drug-likeness (QED) is 0.320. The smallest absolute Gasteiger partial charge is 0.396 e. The molecule has 3 fully saturated rings. The maximum absolute atomic E-state index is 12.5. The van der Waals surface area contributed by atoms with Crippen LogP contribution in [0.2, 0.25) is 0 Å². The van der Waals surface area contributed by atoms with Crippen molar-refractivity contribution in [1.82, 2.24) is 5.32 Å². The van der Waals surface area contributed by atoms with E-state index in [1.807, 2.05) is 0 Å². The fourth-order valence-corrected chi connectivity index (χ4v) is 7.10. The van der Waals surface area contributed by atoms with E-state index in [1.165, 1.54) is 19.3 Å². The normalized spacial score (nSPS) is 34.3. The molecule has 3 saturated carbocycles. The van der Waals surface area contributed by atoms with Gasteiger partial charge in [-0.25, -0.2) is 0 Å². The van der Waals surface area contributed by atoms with E-state index in [1.54, 1.807) is 0 Å². The average Bonchev–Trinajstić information content (AvgIpc) is 3.23. The highest BCUT2D eigenvalue weighted by atomic mass is 19.4. The van der Waals surface area contributed by atoms with Crippen molar-refractivity contribution in [3.05, 3.63) is 0 Å². The monoisotopic (exact) mass is 502 g/mol. The molecule has 0 aromatic carbocycles. The van der Waals surface area contributed by atoms with E-state index < -0.39 is 18.9 Å². The number of aliphatic hydroxyl groups is 1. The molecule has 0 saturated heterocycles. The third-order valence-corrected chi connectivity index (χ3v) is 8.55. The van der Waals surface area contributed by atoms with Gasteiger partial charge in [-0.15, -0.1) is 0 Å². The lowest BCUT2D eigenvalue weighted by molar-refractivity contribution is -0.202. The predicted octanol–water partition coefficient (Wildman–Crippen LogP) is 5.62. The van der Waals surface area contributed by atoms with Gasteiger partial charge < -0.3 is 19.9 Å². The molecule has 3 aliphatic carbocycles. The Kier molecular flexibility index (Phi) is 11.6. The van der Waals surface area contributed by atoms with E-state index in [4.69, 9.17) is 14.6 Å². The molecule has 3 aliphatic rings. The van der Waals surface area contributed by atoms with Gasteiger partial charge in [0.2, 0.25) is 0 Å². The third-order valence-electron chi connectivity index (χ3n) is 8.55. The highest BCUT2D eigenvalue weighted by molar-refractivity contribution is 5.02. The Morgan fingerprint density at radius 2 is 1.80 bits per heavy atom. The average molecular weight is 503 g/mol. The van der Waals surface area contributed by atoms with Crippen molar-refractivity contribution in [3.8, 4) is 6.07 Å². The van der Waals surface area contributed by atoms with Gasteiger partial charge in [0.25, 0.3) is 0 Å². The molecule has 2 N–H and O–H groups in total. The van der Waals surface area contributed by atoms with Crippen LogP contribution < -0.4 is 5.32 Å². The number of ether oxygens (including phenoxy) is 2. The third kappa shape index (κ3) is 9.18. The number of unbranched alkanes of at least 4 members (excludes halogenated alkanes) is 1. The van der Waals surface area contributed by atoms with Crippen LogP contribution in [0.3, 0.4) is 0 Å². The molecule has 8 atom stereocenters. The summed E-state index contributed by atoms with van der Waals surface area (Å²) in [5.74, 6) is 2.55. The van der Waals surface area contributed by atoms with Crippen LogP contribution in [0.15, 0.2) is 0 Å². The van der Waals surface area contributed by atoms with Gasteiger partial charge in [0.05, 0.1) is 24.9 Å². The summed E-state index contributed by atoms with van der Waals surface area (Å²) in [6.07, 6.45) is 6.94. The number of rotatable bonds is 13. The molecule has 0 aliphatic heterocycles. The van der Waals surface area contributed by atoms with Crippen LogP contribution >= 0.6 is 0 Å². The first kappa shape index (κ1) is 28.7. The van der Waals surface area contributed by atoms with Crippen LogP contribution in [0.4, 0.5) is 13.2 Å². The number of aliphatic hydroxyl groups excluding tert-OH is 1. The van der Waals surface area contributed by atoms with Crippen LogP contribution in [-0.2, 0) is 9.47 Å². The fourth-order valence-electron chi connectivity index (χ4n) is 7.10. The zero-order valence-electron chi connectivity index (χ0n) is 21.3. The molecule has 0 aromatic heterocycles. The Bertz CT molecular complexity index is 657. The summed E-state index contributed by atoms with van der Waals surface area (Å²) in [6.45, 7) is 2.36. The number of halogens is 3. The van der Waals surface area contributed by atoms with Gasteiger partial charge in [0, 0.05) is 25.1 Å². The molecule has 0 aromatic rings. The second kappa shape index (κ2) is 14.2. The van der Waals surface area contributed by atoms with Gasteiger partial charge in [0.1, 0.15) is 6.61 Å². The van der Waals surface area contributed by atoms with Crippen LogP contribution in [0.1, 0.15) is 84.0 Å². The van der Waals surface area contributed by atoms with Crippen LogP contribution in [0.25, 0.3) is 0 Å². The lowest BCUT2D eigenvalue weighted by atomic mass is 9.65. The Morgan fingerprint density at radius 3 is 2.49 bits per heavy atom. The summed E-state index contributed by atoms with van der Waals surface area (Å²) in [5, 5.41) is 22.5. The van der Waals surface area contributed by atoms with E-state index in [-0.39, 0.29) is 18.6 Å². The van der Waals surface area contributed by atoms with Crippen LogP contribution in [0, 0.1) is 40.9 Å². The molecule has 3 rings (SSSR count). The molecule has 35 heavy (non-hydrogen) atoms. The van der Waals surface area contributed by atoms with Crippen molar-refractivity contribution in [2.24, 2.45) is 29.6 Å². The van der Waals surface area contributed by atoms with E-state index in [0.29, 0.717) is 49.3 Å². The summed E-state index contributed by atoms with van der Waals surface area (Å²) < 4.78 is 48.6. The minimum Gasteiger partial charge on any atom is -0.396 e. The zero-order chi connectivity index (χ0) is 25.3. The fraction of sp³-hybridized carbons (Fsp3) is 0.963. The van der Waals surface area contributed by atoms with Crippen molar-refractivity contribution >= 4 is 0 Å². The van der Waals surface area contributed by atoms with Crippen molar-refractivity contribution in [2.75, 3.05) is 26.4 Å². The Hall–Kier alpha value is -0.880. The second-order valence-corrected chi connectivity index (χ2v) is 11.2. The van der Waals surface area contributed by atoms with Crippen molar-refractivity contribution < 1.29 is 27.8 Å². The number of alkyl halides is 3. The largest absolute Gasteiger partial charge is 0.411 e. The summed E-state index contributed by atoms with van der Waals surface area (Å²) in [6, 6.07) is 2.95. The van der Waals surface area contributed by atoms with Gasteiger partial charge >= 0.3 is 6.18 Å². The lowest BCUT2D eigenvalue weighted by Crippen LogP contribution is -2.39. The van der Waals surface area contributed by atoms with Crippen LogP contribution in [-0.4, -0.2) is 55.9 Å². The number of nitrogens with one attached hydrogen (secondary N) is 1. The molecule has 0 spiro atoms. The lowest BCUT2D eigenvalue weighted by Gasteiger charge is -2.39. The molecule has 202 valence electrons. The highest BCUT2D eigenvalue weighted by Crippen LogP contribution is 2.52. The van der Waals surface area contributed by atoms with Crippen molar-refractivity contribution in [3.63, 3.8) is 0 Å². The predicted molar refractivity (Wildman–Crippen MR) is 129 cm³/mol. The van der Waals surface area contributed by atoms with E-state index in [2.05, 4.69) is 18.3 Å². The molecular weight excluding hydrogens is 457 g/mol. The summed E-state index contributed by atoms with van der Waals surface area (Å²) >= 11 is 0.